The first-order valence-electron chi connectivity index (χ1n) is 7.39. The maximum Gasteiger partial charge on any atom is 0.138 e. The van der Waals surface area contributed by atoms with Gasteiger partial charge in [0, 0.05) is 17.6 Å². The molecule has 1 heterocycles. The molecule has 0 saturated heterocycles. The Morgan fingerprint density at radius 3 is 2.38 bits per heavy atom. The van der Waals surface area contributed by atoms with Crippen molar-refractivity contribution in [3.05, 3.63) is 46.8 Å². The van der Waals surface area contributed by atoms with Crippen LogP contribution in [0.4, 0.5) is 0 Å². The fraction of sp³-hybridized carbons (Fsp3) is 0.471. The second-order valence-electron chi connectivity index (χ2n) is 5.36. The zero-order valence-electron chi connectivity index (χ0n) is 13.4. The number of rotatable bonds is 6. The van der Waals surface area contributed by atoms with E-state index in [2.05, 4.69) is 36.5 Å². The number of nitrogens with one attached hydrogen (secondary N) is 1. The maximum absolute atomic E-state index is 5.26. The molecule has 0 aliphatic carbocycles. The zero-order valence-corrected chi connectivity index (χ0v) is 13.4. The molecule has 0 spiro atoms. The van der Waals surface area contributed by atoms with Gasteiger partial charge in [0.2, 0.25) is 0 Å². The summed E-state index contributed by atoms with van der Waals surface area (Å²) in [6, 6.07) is 8.71. The Kier molecular flexibility index (Phi) is 5.02. The average Bonchev–Trinajstić information content (AvgIpc) is 2.84. The van der Waals surface area contributed by atoms with Gasteiger partial charge < -0.3 is 14.6 Å². The molecule has 1 aromatic heterocycles. The molecule has 0 bridgehead atoms. The van der Waals surface area contributed by atoms with Crippen molar-refractivity contribution in [2.75, 3.05) is 7.11 Å². The highest BCUT2D eigenvalue weighted by molar-refractivity contribution is 5.30. The van der Waals surface area contributed by atoms with E-state index in [9.17, 15) is 0 Å². The molecule has 0 fully saturated rings. The van der Waals surface area contributed by atoms with E-state index >= 15 is 0 Å². The molecule has 1 N–H and O–H groups in total. The van der Waals surface area contributed by atoms with E-state index in [4.69, 9.17) is 9.26 Å². The zero-order chi connectivity index (χ0) is 15.4. The smallest absolute Gasteiger partial charge is 0.138 e. The van der Waals surface area contributed by atoms with Crippen LogP contribution < -0.4 is 10.1 Å². The quantitative estimate of drug-likeness (QED) is 0.869. The number of aromatic nitrogens is 1. The molecule has 4 heteroatoms. The summed E-state index contributed by atoms with van der Waals surface area (Å²) in [5.74, 6) is 1.77. The second kappa shape index (κ2) is 6.76. The Labute approximate surface area is 126 Å². The highest BCUT2D eigenvalue weighted by Gasteiger charge is 2.19. The van der Waals surface area contributed by atoms with Gasteiger partial charge in [0.25, 0.3) is 0 Å². The van der Waals surface area contributed by atoms with Crippen molar-refractivity contribution in [1.29, 1.82) is 0 Å². The Morgan fingerprint density at radius 2 is 1.90 bits per heavy atom. The normalized spacial score (nSPS) is 14.0. The summed E-state index contributed by atoms with van der Waals surface area (Å²) in [6.07, 6.45) is 1.01. The number of benzene rings is 1. The topological polar surface area (TPSA) is 47.3 Å². The highest BCUT2D eigenvalue weighted by Crippen LogP contribution is 2.26. The number of hydrogen-bond donors (Lipinski definition) is 1. The van der Waals surface area contributed by atoms with E-state index in [0.717, 1.165) is 29.2 Å². The van der Waals surface area contributed by atoms with Gasteiger partial charge in [-0.05, 0) is 44.9 Å². The third kappa shape index (κ3) is 3.45. The lowest BCUT2D eigenvalue weighted by atomic mass is 10.0. The summed E-state index contributed by atoms with van der Waals surface area (Å²) >= 11 is 0. The highest BCUT2D eigenvalue weighted by atomic mass is 16.5. The fourth-order valence-electron chi connectivity index (χ4n) is 2.78. The van der Waals surface area contributed by atoms with Crippen LogP contribution in [0.25, 0.3) is 0 Å². The first-order valence-corrected chi connectivity index (χ1v) is 7.39. The lowest BCUT2D eigenvalue weighted by Gasteiger charge is -2.23. The molecule has 2 rings (SSSR count). The van der Waals surface area contributed by atoms with E-state index in [0.29, 0.717) is 6.04 Å². The van der Waals surface area contributed by atoms with Crippen LogP contribution in [-0.2, 0) is 0 Å². The van der Waals surface area contributed by atoms with Crippen LogP contribution in [0.5, 0.6) is 5.75 Å². The van der Waals surface area contributed by atoms with Gasteiger partial charge in [-0.15, -0.1) is 0 Å². The SMILES string of the molecule is CCC(NC(C)c1c(C)noc1C)c1ccc(OC)cc1. The van der Waals surface area contributed by atoms with Crippen molar-refractivity contribution < 1.29 is 9.26 Å². The molecule has 1 aromatic carbocycles. The molecule has 21 heavy (non-hydrogen) atoms. The molecule has 0 aliphatic heterocycles. The number of nitrogens with zero attached hydrogens (tertiary/aromatic N) is 1. The van der Waals surface area contributed by atoms with Crippen LogP contribution in [0.3, 0.4) is 0 Å². The predicted molar refractivity (Wildman–Crippen MR) is 83.6 cm³/mol. The molecule has 0 aliphatic rings. The van der Waals surface area contributed by atoms with Gasteiger partial charge in [-0.25, -0.2) is 0 Å². The molecule has 0 radical (unpaired) electrons. The minimum Gasteiger partial charge on any atom is -0.497 e. The number of methoxy groups -OCH3 is 1. The minimum absolute atomic E-state index is 0.198. The summed E-state index contributed by atoms with van der Waals surface area (Å²) in [5, 5.41) is 7.70. The minimum atomic E-state index is 0.198. The number of ether oxygens (including phenoxy) is 1. The fourth-order valence-corrected chi connectivity index (χ4v) is 2.78. The van der Waals surface area contributed by atoms with Gasteiger partial charge >= 0.3 is 0 Å². The number of aryl methyl sites for hydroxylation is 2. The van der Waals surface area contributed by atoms with Crippen molar-refractivity contribution >= 4 is 0 Å². The van der Waals surface area contributed by atoms with E-state index in [1.54, 1.807) is 7.11 Å². The van der Waals surface area contributed by atoms with Gasteiger partial charge in [-0.3, -0.25) is 0 Å². The Balaban J connectivity index is 2.14. The summed E-state index contributed by atoms with van der Waals surface area (Å²) in [6.45, 7) is 8.28. The predicted octanol–water partition coefficient (Wildman–Crippen LogP) is 4.10. The largest absolute Gasteiger partial charge is 0.497 e. The van der Waals surface area contributed by atoms with Crippen molar-refractivity contribution in [3.63, 3.8) is 0 Å². The summed E-state index contributed by atoms with van der Waals surface area (Å²) in [4.78, 5) is 0. The standard InChI is InChI=1S/C17H24N2O2/c1-6-16(14-7-9-15(20-5)10-8-14)18-11(2)17-12(3)19-21-13(17)4/h7-11,16,18H,6H2,1-5H3. The maximum atomic E-state index is 5.26. The molecule has 2 unspecified atom stereocenters. The summed E-state index contributed by atoms with van der Waals surface area (Å²) in [7, 11) is 1.68. The molecule has 4 nitrogen and oxygen atoms in total. The molecule has 114 valence electrons. The van der Waals surface area contributed by atoms with E-state index in [1.807, 2.05) is 26.0 Å². The van der Waals surface area contributed by atoms with Crippen molar-refractivity contribution in [3.8, 4) is 5.75 Å². The Morgan fingerprint density at radius 1 is 1.24 bits per heavy atom. The molecule has 0 amide bonds. The summed E-state index contributed by atoms with van der Waals surface area (Å²) < 4.78 is 10.5. The second-order valence-corrected chi connectivity index (χ2v) is 5.36. The van der Waals surface area contributed by atoms with Crippen molar-refractivity contribution in [1.82, 2.24) is 10.5 Å². The lowest BCUT2D eigenvalue weighted by molar-refractivity contribution is 0.388. The first-order chi connectivity index (χ1) is 10.1. The van der Waals surface area contributed by atoms with Crippen molar-refractivity contribution in [2.45, 2.75) is 46.2 Å². The van der Waals surface area contributed by atoms with Crippen molar-refractivity contribution in [2.24, 2.45) is 0 Å². The molecule has 2 aromatic rings. The van der Waals surface area contributed by atoms with Gasteiger partial charge in [-0.2, -0.15) is 0 Å². The van der Waals surface area contributed by atoms with E-state index in [-0.39, 0.29) is 6.04 Å². The van der Waals surface area contributed by atoms with E-state index in [1.165, 1.54) is 5.56 Å². The van der Waals surface area contributed by atoms with Crippen LogP contribution in [0.2, 0.25) is 0 Å². The van der Waals surface area contributed by atoms with Crippen LogP contribution in [0, 0.1) is 13.8 Å². The van der Waals surface area contributed by atoms with Gasteiger partial charge in [0.15, 0.2) is 0 Å². The molecule has 0 saturated carbocycles. The van der Waals surface area contributed by atoms with Gasteiger partial charge in [0.05, 0.1) is 12.8 Å². The molecular weight excluding hydrogens is 264 g/mol. The van der Waals surface area contributed by atoms with Crippen LogP contribution in [0.15, 0.2) is 28.8 Å². The van der Waals surface area contributed by atoms with E-state index < -0.39 is 0 Å². The van der Waals surface area contributed by atoms with Gasteiger partial charge in [-0.1, -0.05) is 24.2 Å². The summed E-state index contributed by atoms with van der Waals surface area (Å²) in [5.41, 5.74) is 3.37. The Hall–Kier alpha value is -1.81. The van der Waals surface area contributed by atoms with Crippen LogP contribution in [0.1, 0.15) is 54.9 Å². The third-order valence-electron chi connectivity index (χ3n) is 3.90. The first kappa shape index (κ1) is 15.6. The lowest BCUT2D eigenvalue weighted by Crippen LogP contribution is -2.24. The third-order valence-corrected chi connectivity index (χ3v) is 3.90. The monoisotopic (exact) mass is 288 g/mol. The van der Waals surface area contributed by atoms with Crippen LogP contribution in [-0.4, -0.2) is 12.3 Å². The number of hydrogen-bond acceptors (Lipinski definition) is 4. The Bertz CT molecular complexity index is 555. The molecular formula is C17H24N2O2. The molecule has 2 atom stereocenters. The van der Waals surface area contributed by atoms with Crippen LogP contribution >= 0.6 is 0 Å². The van der Waals surface area contributed by atoms with Gasteiger partial charge in [0.1, 0.15) is 11.5 Å². The average molecular weight is 288 g/mol.